The Kier molecular flexibility index (Phi) is 3.57. The highest BCUT2D eigenvalue weighted by Gasteiger charge is 2.33. The molecule has 0 amide bonds. The van der Waals surface area contributed by atoms with Gasteiger partial charge in [0.25, 0.3) is 0 Å². The van der Waals surface area contributed by atoms with Crippen LogP contribution in [0.1, 0.15) is 25.7 Å². The fourth-order valence-electron chi connectivity index (χ4n) is 2.16. The average Bonchev–Trinajstić information content (AvgIpc) is 2.81. The monoisotopic (exact) mass is 210 g/mol. The van der Waals surface area contributed by atoms with Crippen molar-refractivity contribution in [3.8, 4) is 6.07 Å². The first-order valence-electron chi connectivity index (χ1n) is 5.70. The summed E-state index contributed by atoms with van der Waals surface area (Å²) in [5.41, 5.74) is -0.371. The number of rotatable bonds is 3. The molecule has 4 heteroatoms. The summed E-state index contributed by atoms with van der Waals surface area (Å²) in [7, 11) is 0. The number of ether oxygens (including phenoxy) is 2. The fourth-order valence-corrected chi connectivity index (χ4v) is 2.16. The molecule has 2 aliphatic heterocycles. The molecule has 2 heterocycles. The van der Waals surface area contributed by atoms with Gasteiger partial charge in [-0.25, -0.2) is 0 Å². The molecule has 0 aliphatic carbocycles. The molecule has 0 aromatic rings. The SMILES string of the molecule is N#CC1(NCC2CCCO2)CCOCC1. The molecule has 15 heavy (non-hydrogen) atoms. The van der Waals surface area contributed by atoms with Crippen molar-refractivity contribution in [2.24, 2.45) is 0 Å². The van der Waals surface area contributed by atoms with E-state index in [1.165, 1.54) is 0 Å². The number of hydrogen-bond donors (Lipinski definition) is 1. The Labute approximate surface area is 90.5 Å². The van der Waals surface area contributed by atoms with E-state index in [4.69, 9.17) is 9.47 Å². The first-order chi connectivity index (χ1) is 7.35. The van der Waals surface area contributed by atoms with Gasteiger partial charge in [-0.05, 0) is 12.8 Å². The number of nitriles is 1. The summed E-state index contributed by atoms with van der Waals surface area (Å²) in [6, 6.07) is 2.39. The summed E-state index contributed by atoms with van der Waals surface area (Å²) in [5, 5.41) is 12.6. The predicted octanol–water partition coefficient (Wildman–Crippen LogP) is 0.828. The normalized spacial score (nSPS) is 29.9. The van der Waals surface area contributed by atoms with Gasteiger partial charge < -0.3 is 9.47 Å². The molecular weight excluding hydrogens is 192 g/mol. The molecule has 1 unspecified atom stereocenters. The van der Waals surface area contributed by atoms with Gasteiger partial charge in [0.15, 0.2) is 0 Å². The molecule has 0 aromatic heterocycles. The minimum atomic E-state index is -0.371. The zero-order valence-corrected chi connectivity index (χ0v) is 9.00. The standard InChI is InChI=1S/C11H18N2O2/c12-9-11(3-6-14-7-4-11)13-8-10-2-1-5-15-10/h10,13H,1-8H2. The largest absolute Gasteiger partial charge is 0.381 e. The van der Waals surface area contributed by atoms with Crippen molar-refractivity contribution in [2.45, 2.75) is 37.3 Å². The fraction of sp³-hybridized carbons (Fsp3) is 0.909. The van der Waals surface area contributed by atoms with Crippen LogP contribution in [0.4, 0.5) is 0 Å². The summed E-state index contributed by atoms with van der Waals surface area (Å²) < 4.78 is 10.8. The lowest BCUT2D eigenvalue weighted by Gasteiger charge is -2.32. The maximum absolute atomic E-state index is 9.21. The molecule has 0 saturated carbocycles. The molecule has 0 radical (unpaired) electrons. The first-order valence-corrected chi connectivity index (χ1v) is 5.70. The number of hydrogen-bond acceptors (Lipinski definition) is 4. The quantitative estimate of drug-likeness (QED) is 0.749. The van der Waals surface area contributed by atoms with Crippen LogP contribution in [0.15, 0.2) is 0 Å². The number of nitrogens with one attached hydrogen (secondary N) is 1. The van der Waals surface area contributed by atoms with Crippen molar-refractivity contribution in [1.29, 1.82) is 5.26 Å². The van der Waals surface area contributed by atoms with Crippen LogP contribution in [0, 0.1) is 11.3 Å². The molecule has 84 valence electrons. The zero-order chi connectivity index (χ0) is 10.6. The lowest BCUT2D eigenvalue weighted by molar-refractivity contribution is 0.0476. The van der Waals surface area contributed by atoms with Gasteiger partial charge in [-0.15, -0.1) is 0 Å². The molecule has 2 saturated heterocycles. The second kappa shape index (κ2) is 4.93. The van der Waals surface area contributed by atoms with Crippen LogP contribution in [0.3, 0.4) is 0 Å². The molecule has 0 bridgehead atoms. The van der Waals surface area contributed by atoms with Gasteiger partial charge in [0.05, 0.1) is 12.2 Å². The molecule has 2 fully saturated rings. The van der Waals surface area contributed by atoms with Crippen LogP contribution in [0.2, 0.25) is 0 Å². The van der Waals surface area contributed by atoms with Crippen molar-refractivity contribution < 1.29 is 9.47 Å². The highest BCUT2D eigenvalue weighted by Crippen LogP contribution is 2.20. The topological polar surface area (TPSA) is 54.3 Å². The van der Waals surface area contributed by atoms with Crippen molar-refractivity contribution in [1.82, 2.24) is 5.32 Å². The second-order valence-corrected chi connectivity index (χ2v) is 4.32. The minimum absolute atomic E-state index is 0.304. The Morgan fingerprint density at radius 1 is 1.33 bits per heavy atom. The lowest BCUT2D eigenvalue weighted by atomic mass is 9.91. The van der Waals surface area contributed by atoms with E-state index in [0.29, 0.717) is 19.3 Å². The van der Waals surface area contributed by atoms with E-state index in [-0.39, 0.29) is 5.54 Å². The summed E-state index contributed by atoms with van der Waals surface area (Å²) >= 11 is 0. The van der Waals surface area contributed by atoms with Crippen LogP contribution in [0.25, 0.3) is 0 Å². The van der Waals surface area contributed by atoms with Gasteiger partial charge in [-0.2, -0.15) is 5.26 Å². The Hall–Kier alpha value is -0.630. The van der Waals surface area contributed by atoms with Crippen molar-refractivity contribution in [2.75, 3.05) is 26.4 Å². The van der Waals surface area contributed by atoms with Crippen molar-refractivity contribution >= 4 is 0 Å². The molecule has 4 nitrogen and oxygen atoms in total. The maximum atomic E-state index is 9.21. The second-order valence-electron chi connectivity index (χ2n) is 4.32. The Bertz CT molecular complexity index is 237. The molecule has 2 rings (SSSR count). The molecule has 1 N–H and O–H groups in total. The van der Waals surface area contributed by atoms with Gasteiger partial charge in [0, 0.05) is 39.2 Å². The van der Waals surface area contributed by atoms with E-state index in [9.17, 15) is 5.26 Å². The van der Waals surface area contributed by atoms with Crippen molar-refractivity contribution in [3.05, 3.63) is 0 Å². The summed E-state index contributed by atoms with van der Waals surface area (Å²) in [5.74, 6) is 0. The van der Waals surface area contributed by atoms with Gasteiger partial charge in [-0.1, -0.05) is 0 Å². The van der Waals surface area contributed by atoms with E-state index >= 15 is 0 Å². The summed E-state index contributed by atoms with van der Waals surface area (Å²) in [6.07, 6.45) is 4.14. The van der Waals surface area contributed by atoms with Crippen LogP contribution < -0.4 is 5.32 Å². The Morgan fingerprint density at radius 2 is 2.13 bits per heavy atom. The first kappa shape index (κ1) is 10.9. The summed E-state index contributed by atoms with van der Waals surface area (Å²) in [4.78, 5) is 0. The van der Waals surface area contributed by atoms with E-state index < -0.39 is 0 Å². The number of nitrogens with zero attached hydrogens (tertiary/aromatic N) is 1. The zero-order valence-electron chi connectivity index (χ0n) is 9.00. The van der Waals surface area contributed by atoms with Gasteiger partial charge in [-0.3, -0.25) is 5.32 Å². The van der Waals surface area contributed by atoms with Gasteiger partial charge >= 0.3 is 0 Å². The predicted molar refractivity (Wildman–Crippen MR) is 55.4 cm³/mol. The van der Waals surface area contributed by atoms with Crippen LogP contribution in [-0.4, -0.2) is 38.0 Å². The van der Waals surface area contributed by atoms with Crippen LogP contribution >= 0.6 is 0 Å². The molecule has 2 aliphatic rings. The Balaban J connectivity index is 1.81. The van der Waals surface area contributed by atoms with E-state index in [0.717, 1.165) is 38.8 Å². The smallest absolute Gasteiger partial charge is 0.111 e. The average molecular weight is 210 g/mol. The van der Waals surface area contributed by atoms with Crippen LogP contribution in [0.5, 0.6) is 0 Å². The van der Waals surface area contributed by atoms with Gasteiger partial charge in [0.1, 0.15) is 5.54 Å². The summed E-state index contributed by atoms with van der Waals surface area (Å²) in [6.45, 7) is 3.04. The molecule has 1 atom stereocenters. The van der Waals surface area contributed by atoms with E-state index in [1.807, 2.05) is 0 Å². The van der Waals surface area contributed by atoms with E-state index in [2.05, 4.69) is 11.4 Å². The van der Waals surface area contributed by atoms with Gasteiger partial charge in [0.2, 0.25) is 0 Å². The maximum Gasteiger partial charge on any atom is 0.111 e. The third-order valence-corrected chi connectivity index (χ3v) is 3.25. The molecule has 0 spiro atoms. The minimum Gasteiger partial charge on any atom is -0.381 e. The van der Waals surface area contributed by atoms with Crippen molar-refractivity contribution in [3.63, 3.8) is 0 Å². The van der Waals surface area contributed by atoms with E-state index in [1.54, 1.807) is 0 Å². The third-order valence-electron chi connectivity index (χ3n) is 3.25. The molecular formula is C11H18N2O2. The van der Waals surface area contributed by atoms with Crippen LogP contribution in [-0.2, 0) is 9.47 Å². The highest BCUT2D eigenvalue weighted by atomic mass is 16.5. The molecule has 0 aromatic carbocycles. The third kappa shape index (κ3) is 2.69. The lowest BCUT2D eigenvalue weighted by Crippen LogP contribution is -2.50. The Morgan fingerprint density at radius 3 is 2.73 bits per heavy atom. The highest BCUT2D eigenvalue weighted by molar-refractivity contribution is 5.08.